The number of nitrogens with one attached hydrogen (secondary N) is 1. The highest BCUT2D eigenvalue weighted by Crippen LogP contribution is 2.28. The summed E-state index contributed by atoms with van der Waals surface area (Å²) in [6.45, 7) is 2.33. The number of benzene rings is 1. The third kappa shape index (κ3) is 3.70. The molecule has 0 aromatic heterocycles. The van der Waals surface area contributed by atoms with Crippen LogP contribution in [-0.2, 0) is 0 Å². The number of anilines is 1. The highest BCUT2D eigenvalue weighted by Gasteiger charge is 2.16. The number of hydrogen-bond acceptors (Lipinski definition) is 1. The van der Waals surface area contributed by atoms with Crippen LogP contribution in [0.4, 0.5) is 10.1 Å². The number of hydrogen-bond donors (Lipinski definition) is 1. The van der Waals surface area contributed by atoms with Gasteiger partial charge in [0.1, 0.15) is 5.82 Å². The van der Waals surface area contributed by atoms with Crippen molar-refractivity contribution < 1.29 is 4.39 Å². The maximum absolute atomic E-state index is 13.0. The van der Waals surface area contributed by atoms with Gasteiger partial charge in [0.25, 0.3) is 0 Å². The van der Waals surface area contributed by atoms with Gasteiger partial charge in [0.05, 0.1) is 0 Å². The molecule has 0 aliphatic heterocycles. The molecule has 0 amide bonds. The van der Waals surface area contributed by atoms with Crippen LogP contribution >= 0.6 is 15.9 Å². The zero-order valence-corrected chi connectivity index (χ0v) is 11.8. The summed E-state index contributed by atoms with van der Waals surface area (Å²) < 4.78 is 13.8. The molecule has 0 spiro atoms. The lowest BCUT2D eigenvalue weighted by Gasteiger charge is -2.18. The first-order valence-electron chi connectivity index (χ1n) is 6.37. The molecule has 1 nitrogen and oxygen atoms in total. The summed E-state index contributed by atoms with van der Waals surface area (Å²) in [5, 5.41) is 3.52. The lowest BCUT2D eigenvalue weighted by Crippen LogP contribution is -2.18. The smallest absolute Gasteiger partial charge is 0.124 e. The van der Waals surface area contributed by atoms with Crippen molar-refractivity contribution in [3.05, 3.63) is 28.5 Å². The second-order valence-electron chi connectivity index (χ2n) is 5.08. The first-order valence-corrected chi connectivity index (χ1v) is 7.16. The molecule has 17 heavy (non-hydrogen) atoms. The Morgan fingerprint density at radius 2 is 2.06 bits per heavy atom. The SMILES string of the molecule is CC1CCCC(Nc2ccc(F)cc2Br)CC1. The van der Waals surface area contributed by atoms with E-state index in [1.165, 1.54) is 44.2 Å². The number of halogens is 2. The van der Waals surface area contributed by atoms with E-state index in [2.05, 4.69) is 28.2 Å². The fourth-order valence-corrected chi connectivity index (χ4v) is 2.92. The predicted octanol–water partition coefficient (Wildman–Crippen LogP) is 4.97. The van der Waals surface area contributed by atoms with Crippen LogP contribution < -0.4 is 5.32 Å². The van der Waals surface area contributed by atoms with Gasteiger partial charge < -0.3 is 5.32 Å². The van der Waals surface area contributed by atoms with Crippen molar-refractivity contribution in [2.45, 2.75) is 45.1 Å². The Balaban J connectivity index is 2.00. The summed E-state index contributed by atoms with van der Waals surface area (Å²) in [6, 6.07) is 5.36. The van der Waals surface area contributed by atoms with Crippen LogP contribution in [0.2, 0.25) is 0 Å². The Kier molecular flexibility index (Phi) is 4.43. The molecule has 1 saturated carbocycles. The van der Waals surface area contributed by atoms with Gasteiger partial charge in [0, 0.05) is 16.2 Å². The second-order valence-corrected chi connectivity index (χ2v) is 5.93. The summed E-state index contributed by atoms with van der Waals surface area (Å²) in [4.78, 5) is 0. The van der Waals surface area contributed by atoms with E-state index in [0.717, 1.165) is 16.1 Å². The fourth-order valence-electron chi connectivity index (χ4n) is 2.46. The molecule has 1 aromatic rings. The van der Waals surface area contributed by atoms with Crippen LogP contribution in [0.1, 0.15) is 39.0 Å². The van der Waals surface area contributed by atoms with Crippen LogP contribution in [0.5, 0.6) is 0 Å². The average Bonchev–Trinajstić information content (AvgIpc) is 2.48. The summed E-state index contributed by atoms with van der Waals surface area (Å²) in [7, 11) is 0. The molecule has 0 radical (unpaired) electrons. The molecular weight excluding hydrogens is 281 g/mol. The van der Waals surface area contributed by atoms with E-state index in [0.29, 0.717) is 6.04 Å². The Labute approximate surface area is 111 Å². The predicted molar refractivity (Wildman–Crippen MR) is 73.8 cm³/mol. The average molecular weight is 300 g/mol. The van der Waals surface area contributed by atoms with Crippen LogP contribution in [0.15, 0.2) is 22.7 Å². The van der Waals surface area contributed by atoms with Crippen molar-refractivity contribution in [1.82, 2.24) is 0 Å². The van der Waals surface area contributed by atoms with Crippen LogP contribution in [0.25, 0.3) is 0 Å². The maximum atomic E-state index is 13.0. The molecule has 2 atom stereocenters. The van der Waals surface area contributed by atoms with E-state index in [1.54, 1.807) is 0 Å². The quantitative estimate of drug-likeness (QED) is 0.760. The third-order valence-corrected chi connectivity index (χ3v) is 4.20. The Hall–Kier alpha value is -0.570. The largest absolute Gasteiger partial charge is 0.381 e. The van der Waals surface area contributed by atoms with Gasteiger partial charge in [0.15, 0.2) is 0 Å². The van der Waals surface area contributed by atoms with E-state index in [9.17, 15) is 4.39 Å². The highest BCUT2D eigenvalue weighted by atomic mass is 79.9. The molecule has 0 bridgehead atoms. The Bertz CT molecular complexity index is 380. The third-order valence-electron chi connectivity index (χ3n) is 3.55. The minimum absolute atomic E-state index is 0.197. The van der Waals surface area contributed by atoms with Gasteiger partial charge in [-0.3, -0.25) is 0 Å². The molecule has 1 aromatic carbocycles. The molecule has 0 saturated heterocycles. The summed E-state index contributed by atoms with van der Waals surface area (Å²) >= 11 is 3.40. The molecule has 1 fully saturated rings. The van der Waals surface area contributed by atoms with Crippen molar-refractivity contribution in [3.8, 4) is 0 Å². The van der Waals surface area contributed by atoms with E-state index < -0.39 is 0 Å². The van der Waals surface area contributed by atoms with E-state index in [-0.39, 0.29) is 5.82 Å². The van der Waals surface area contributed by atoms with E-state index in [4.69, 9.17) is 0 Å². The zero-order chi connectivity index (χ0) is 12.3. The summed E-state index contributed by atoms with van der Waals surface area (Å²) in [6.07, 6.45) is 6.34. The molecule has 3 heteroatoms. The van der Waals surface area contributed by atoms with Gasteiger partial charge in [0.2, 0.25) is 0 Å². The molecule has 2 rings (SSSR count). The molecule has 1 N–H and O–H groups in total. The zero-order valence-electron chi connectivity index (χ0n) is 10.2. The van der Waals surface area contributed by atoms with Crippen molar-refractivity contribution >= 4 is 21.6 Å². The van der Waals surface area contributed by atoms with Gasteiger partial charge in [-0.25, -0.2) is 4.39 Å². The normalized spacial score (nSPS) is 25.4. The van der Waals surface area contributed by atoms with Crippen LogP contribution in [0.3, 0.4) is 0 Å². The van der Waals surface area contributed by atoms with Gasteiger partial charge in [-0.2, -0.15) is 0 Å². The van der Waals surface area contributed by atoms with E-state index in [1.807, 2.05) is 6.07 Å². The van der Waals surface area contributed by atoms with Gasteiger partial charge in [-0.15, -0.1) is 0 Å². The monoisotopic (exact) mass is 299 g/mol. The lowest BCUT2D eigenvalue weighted by atomic mass is 10.0. The lowest BCUT2D eigenvalue weighted by molar-refractivity contribution is 0.502. The molecule has 0 heterocycles. The first-order chi connectivity index (χ1) is 8.15. The fraction of sp³-hybridized carbons (Fsp3) is 0.571. The minimum Gasteiger partial charge on any atom is -0.381 e. The summed E-state index contributed by atoms with van der Waals surface area (Å²) in [5.74, 6) is 0.648. The molecule has 1 aliphatic rings. The Morgan fingerprint density at radius 3 is 2.82 bits per heavy atom. The molecule has 2 unspecified atom stereocenters. The van der Waals surface area contributed by atoms with Crippen molar-refractivity contribution in [1.29, 1.82) is 0 Å². The van der Waals surface area contributed by atoms with Crippen LogP contribution in [-0.4, -0.2) is 6.04 Å². The van der Waals surface area contributed by atoms with Crippen molar-refractivity contribution in [3.63, 3.8) is 0 Å². The van der Waals surface area contributed by atoms with Gasteiger partial charge >= 0.3 is 0 Å². The molecular formula is C14H19BrFN. The van der Waals surface area contributed by atoms with Crippen molar-refractivity contribution in [2.75, 3.05) is 5.32 Å². The van der Waals surface area contributed by atoms with Crippen LogP contribution in [0, 0.1) is 11.7 Å². The molecule has 1 aliphatic carbocycles. The first kappa shape index (κ1) is 12.9. The van der Waals surface area contributed by atoms with Gasteiger partial charge in [-0.05, 0) is 59.3 Å². The molecule has 94 valence electrons. The highest BCUT2D eigenvalue weighted by molar-refractivity contribution is 9.10. The standard InChI is InChI=1S/C14H19BrFN/c1-10-3-2-4-12(7-5-10)17-14-8-6-11(16)9-13(14)15/h6,8-10,12,17H,2-5,7H2,1H3. The minimum atomic E-state index is -0.197. The van der Waals surface area contributed by atoms with E-state index >= 15 is 0 Å². The summed E-state index contributed by atoms with van der Waals surface area (Å²) in [5.41, 5.74) is 1.01. The topological polar surface area (TPSA) is 12.0 Å². The van der Waals surface area contributed by atoms with Crippen molar-refractivity contribution in [2.24, 2.45) is 5.92 Å². The maximum Gasteiger partial charge on any atom is 0.124 e. The number of rotatable bonds is 2. The second kappa shape index (κ2) is 5.85. The van der Waals surface area contributed by atoms with Gasteiger partial charge in [-0.1, -0.05) is 19.8 Å². The Morgan fingerprint density at radius 1 is 1.24 bits per heavy atom.